The minimum Gasteiger partial charge on any atom is -0.494 e. The molecule has 0 radical (unpaired) electrons. The Labute approximate surface area is 276 Å². The van der Waals surface area contributed by atoms with Crippen LogP contribution in [0.4, 0.5) is 5.13 Å². The quantitative estimate of drug-likeness (QED) is 0.0410. The minimum atomic E-state index is -0.482. The standard InChI is InChI=1S/C37H45N3O5S/c1-4-6-8-9-10-11-12-13-25-44-31-19-15-29(16-20-31)35-39-40-37(46-35)38-27-28-14-23-33(34(26-28)42-3)45-36(41)30-17-21-32(22-18-30)43-24-7-5-2/h14-23,26-27H,4-13,24-25H2,1-3H3/b38-27+. The van der Waals surface area contributed by atoms with Crippen molar-refractivity contribution in [3.63, 3.8) is 0 Å². The summed E-state index contributed by atoms with van der Waals surface area (Å²) in [4.78, 5) is 17.2. The van der Waals surface area contributed by atoms with Crippen molar-refractivity contribution in [1.29, 1.82) is 0 Å². The Kier molecular flexibility index (Phi) is 14.5. The van der Waals surface area contributed by atoms with Crippen molar-refractivity contribution < 1.29 is 23.7 Å². The molecule has 244 valence electrons. The Morgan fingerprint density at radius 2 is 1.37 bits per heavy atom. The van der Waals surface area contributed by atoms with E-state index in [0.29, 0.717) is 28.8 Å². The summed E-state index contributed by atoms with van der Waals surface area (Å²) < 4.78 is 22.7. The molecule has 0 amide bonds. The van der Waals surface area contributed by atoms with Crippen molar-refractivity contribution in [3.05, 3.63) is 77.9 Å². The average Bonchev–Trinajstić information content (AvgIpc) is 3.57. The Morgan fingerprint density at radius 1 is 0.739 bits per heavy atom. The van der Waals surface area contributed by atoms with Gasteiger partial charge in [-0.15, -0.1) is 10.2 Å². The van der Waals surface area contributed by atoms with Crippen LogP contribution in [0.5, 0.6) is 23.0 Å². The van der Waals surface area contributed by atoms with Gasteiger partial charge in [-0.05, 0) is 85.1 Å². The summed E-state index contributed by atoms with van der Waals surface area (Å²) in [5, 5.41) is 9.84. The molecule has 8 nitrogen and oxygen atoms in total. The molecule has 1 aromatic heterocycles. The molecule has 4 rings (SSSR count). The lowest BCUT2D eigenvalue weighted by Gasteiger charge is -2.10. The number of unbranched alkanes of at least 4 members (excludes halogenated alkanes) is 8. The first-order chi connectivity index (χ1) is 22.6. The van der Waals surface area contributed by atoms with Gasteiger partial charge < -0.3 is 18.9 Å². The average molecular weight is 644 g/mol. The van der Waals surface area contributed by atoms with Gasteiger partial charge in [0.2, 0.25) is 5.13 Å². The fourth-order valence-corrected chi connectivity index (χ4v) is 5.36. The molecule has 0 atom stereocenters. The summed E-state index contributed by atoms with van der Waals surface area (Å²) in [5.74, 6) is 1.84. The first-order valence-electron chi connectivity index (χ1n) is 16.3. The first kappa shape index (κ1) is 34.6. The molecule has 0 saturated carbocycles. The largest absolute Gasteiger partial charge is 0.494 e. The van der Waals surface area contributed by atoms with Crippen LogP contribution in [0.3, 0.4) is 0 Å². The smallest absolute Gasteiger partial charge is 0.343 e. The molecule has 0 fully saturated rings. The van der Waals surface area contributed by atoms with E-state index in [0.717, 1.165) is 53.5 Å². The van der Waals surface area contributed by atoms with Crippen LogP contribution in [0, 0.1) is 0 Å². The molecule has 0 aliphatic rings. The molecule has 0 saturated heterocycles. The van der Waals surface area contributed by atoms with Crippen LogP contribution in [-0.4, -0.2) is 42.7 Å². The van der Waals surface area contributed by atoms with Gasteiger partial charge >= 0.3 is 5.97 Å². The molecule has 0 aliphatic heterocycles. The van der Waals surface area contributed by atoms with Crippen LogP contribution in [0.2, 0.25) is 0 Å². The Morgan fingerprint density at radius 3 is 2.04 bits per heavy atom. The van der Waals surface area contributed by atoms with E-state index < -0.39 is 5.97 Å². The van der Waals surface area contributed by atoms with Crippen LogP contribution in [0.1, 0.15) is 94.0 Å². The van der Waals surface area contributed by atoms with Crippen LogP contribution in [0.25, 0.3) is 10.6 Å². The van der Waals surface area contributed by atoms with Crippen LogP contribution in [0.15, 0.2) is 71.7 Å². The highest BCUT2D eigenvalue weighted by atomic mass is 32.1. The summed E-state index contributed by atoms with van der Waals surface area (Å²) in [7, 11) is 1.53. The normalized spacial score (nSPS) is 11.1. The minimum absolute atomic E-state index is 0.316. The van der Waals surface area contributed by atoms with Crippen LogP contribution in [-0.2, 0) is 0 Å². The summed E-state index contributed by atoms with van der Waals surface area (Å²) in [6.07, 6.45) is 14.0. The highest BCUT2D eigenvalue weighted by molar-refractivity contribution is 7.18. The number of aliphatic imine (C=N–C) groups is 1. The van der Waals surface area contributed by atoms with Gasteiger partial charge in [0, 0.05) is 11.8 Å². The number of methoxy groups -OCH3 is 1. The predicted octanol–water partition coefficient (Wildman–Crippen LogP) is 9.88. The number of carbonyl (C=O) groups is 1. The lowest BCUT2D eigenvalue weighted by molar-refractivity contribution is 0.0729. The molecule has 9 heteroatoms. The zero-order valence-electron chi connectivity index (χ0n) is 27.2. The highest BCUT2D eigenvalue weighted by Gasteiger charge is 2.13. The summed E-state index contributed by atoms with van der Waals surface area (Å²) in [5.41, 5.74) is 2.15. The Bertz CT molecular complexity index is 1500. The van der Waals surface area contributed by atoms with Crippen LogP contribution >= 0.6 is 11.3 Å². The maximum Gasteiger partial charge on any atom is 0.343 e. The zero-order chi connectivity index (χ0) is 32.4. The second-order valence-electron chi connectivity index (χ2n) is 11.0. The molecular formula is C37H45N3O5S. The van der Waals surface area contributed by atoms with Crippen molar-refractivity contribution in [2.75, 3.05) is 20.3 Å². The highest BCUT2D eigenvalue weighted by Crippen LogP contribution is 2.31. The Balaban J connectivity index is 1.25. The predicted molar refractivity (Wildman–Crippen MR) is 186 cm³/mol. The van der Waals surface area contributed by atoms with Gasteiger partial charge in [-0.25, -0.2) is 9.79 Å². The van der Waals surface area contributed by atoms with E-state index in [-0.39, 0.29) is 0 Å². The number of esters is 1. The van der Waals surface area contributed by atoms with E-state index in [1.165, 1.54) is 63.4 Å². The van der Waals surface area contributed by atoms with Gasteiger partial charge in [0.1, 0.15) is 16.5 Å². The fourth-order valence-electron chi connectivity index (χ4n) is 4.66. The second kappa shape index (κ2) is 19.3. The van der Waals surface area contributed by atoms with E-state index >= 15 is 0 Å². The van der Waals surface area contributed by atoms with E-state index in [9.17, 15) is 4.79 Å². The van der Waals surface area contributed by atoms with Gasteiger partial charge in [0.05, 0.1) is 25.9 Å². The number of hydrogen-bond donors (Lipinski definition) is 0. The number of ether oxygens (including phenoxy) is 4. The molecule has 4 aromatic rings. The van der Waals surface area contributed by atoms with Crippen molar-refractivity contribution in [2.24, 2.45) is 4.99 Å². The van der Waals surface area contributed by atoms with Crippen LogP contribution < -0.4 is 18.9 Å². The van der Waals surface area contributed by atoms with Crippen molar-refractivity contribution in [3.8, 4) is 33.6 Å². The van der Waals surface area contributed by atoms with Gasteiger partial charge in [-0.1, -0.05) is 76.6 Å². The maximum atomic E-state index is 12.7. The number of carbonyl (C=O) groups excluding carboxylic acids is 1. The monoisotopic (exact) mass is 643 g/mol. The second-order valence-corrected chi connectivity index (χ2v) is 12.0. The number of nitrogens with zero attached hydrogens (tertiary/aromatic N) is 3. The molecular weight excluding hydrogens is 598 g/mol. The van der Waals surface area contributed by atoms with Crippen molar-refractivity contribution in [1.82, 2.24) is 10.2 Å². The fraction of sp³-hybridized carbons (Fsp3) is 0.405. The van der Waals surface area contributed by atoms with Gasteiger partial charge in [0.25, 0.3) is 0 Å². The van der Waals surface area contributed by atoms with Gasteiger partial charge in [-0.3, -0.25) is 0 Å². The first-order valence-corrected chi connectivity index (χ1v) is 17.1. The number of aromatic nitrogens is 2. The number of rotatable bonds is 20. The van der Waals surface area contributed by atoms with Crippen molar-refractivity contribution in [2.45, 2.75) is 78.1 Å². The molecule has 1 heterocycles. The molecule has 0 spiro atoms. The third-order valence-electron chi connectivity index (χ3n) is 7.35. The molecule has 3 aromatic carbocycles. The molecule has 0 unspecified atom stereocenters. The third-order valence-corrected chi connectivity index (χ3v) is 8.23. The van der Waals surface area contributed by atoms with E-state index in [1.807, 2.05) is 24.3 Å². The number of hydrogen-bond acceptors (Lipinski definition) is 9. The lowest BCUT2D eigenvalue weighted by Crippen LogP contribution is -2.09. The van der Waals surface area contributed by atoms with Gasteiger partial charge in [0.15, 0.2) is 11.5 Å². The SMILES string of the molecule is CCCCCCCCCCOc1ccc(-c2nnc(/N=C/c3ccc(OC(=O)c4ccc(OCCCC)cc4)c(OC)c3)s2)cc1. The molecule has 0 aliphatic carbocycles. The third kappa shape index (κ3) is 11.3. The van der Waals surface area contributed by atoms with E-state index in [1.54, 1.807) is 48.7 Å². The summed E-state index contributed by atoms with van der Waals surface area (Å²) in [6, 6.07) is 20.1. The Hall–Kier alpha value is -4.24. The number of benzene rings is 3. The van der Waals surface area contributed by atoms with E-state index in [2.05, 4.69) is 29.0 Å². The zero-order valence-corrected chi connectivity index (χ0v) is 28.0. The summed E-state index contributed by atoms with van der Waals surface area (Å²) >= 11 is 1.40. The topological polar surface area (TPSA) is 92.1 Å². The van der Waals surface area contributed by atoms with Crippen molar-refractivity contribution >= 4 is 28.7 Å². The van der Waals surface area contributed by atoms with E-state index in [4.69, 9.17) is 18.9 Å². The van der Waals surface area contributed by atoms with Gasteiger partial charge in [-0.2, -0.15) is 0 Å². The lowest BCUT2D eigenvalue weighted by atomic mass is 10.1. The molecule has 0 bridgehead atoms. The molecule has 0 N–H and O–H groups in total. The summed E-state index contributed by atoms with van der Waals surface area (Å²) in [6.45, 7) is 5.75. The maximum absolute atomic E-state index is 12.7. The molecule has 46 heavy (non-hydrogen) atoms.